The van der Waals surface area contributed by atoms with Crippen LogP contribution in [-0.2, 0) is 4.79 Å². The normalized spacial score (nSPS) is 11.0. The number of ether oxygens (including phenoxy) is 2. The number of rotatable bonds is 5. The molecule has 0 aliphatic rings. The van der Waals surface area contributed by atoms with E-state index < -0.39 is 0 Å². The molecule has 5 nitrogen and oxygen atoms in total. The zero-order chi connectivity index (χ0) is 15.9. The highest BCUT2D eigenvalue weighted by atomic mass is 16.5. The maximum Gasteiger partial charge on any atom is 0.249 e. The maximum atomic E-state index is 12.0. The van der Waals surface area contributed by atoms with Crippen LogP contribution in [0, 0.1) is 0 Å². The number of hydrogen-bond donors (Lipinski definition) is 1. The van der Waals surface area contributed by atoms with Crippen molar-refractivity contribution in [3.63, 3.8) is 0 Å². The summed E-state index contributed by atoms with van der Waals surface area (Å²) < 4.78 is 10.5. The number of hydrogen-bond acceptors (Lipinski definition) is 4. The summed E-state index contributed by atoms with van der Waals surface area (Å²) in [5.74, 6) is 1.62. The number of allylic oxidation sites excluding steroid dienone is 1. The number of carbonyl (C=O) groups is 1. The average Bonchev–Trinajstić information content (AvgIpc) is 2.54. The second kappa shape index (κ2) is 7.26. The highest BCUT2D eigenvalue weighted by Crippen LogP contribution is 2.29. The summed E-state index contributed by atoms with van der Waals surface area (Å²) in [5, 5.41) is 2.71. The van der Waals surface area contributed by atoms with Crippen LogP contribution in [0.25, 0.3) is 5.57 Å². The van der Waals surface area contributed by atoms with Crippen molar-refractivity contribution in [1.82, 2.24) is 4.98 Å². The highest BCUT2D eigenvalue weighted by molar-refractivity contribution is 6.03. The minimum atomic E-state index is -0.242. The van der Waals surface area contributed by atoms with Crippen molar-refractivity contribution < 1.29 is 14.3 Å². The molecule has 0 unspecified atom stereocenters. The minimum absolute atomic E-state index is 0.242. The van der Waals surface area contributed by atoms with Crippen molar-refractivity contribution >= 4 is 17.3 Å². The van der Waals surface area contributed by atoms with Gasteiger partial charge in [-0.25, -0.2) is 4.98 Å². The van der Waals surface area contributed by atoms with Gasteiger partial charge in [0.2, 0.25) is 5.91 Å². The van der Waals surface area contributed by atoms with E-state index in [2.05, 4.69) is 10.3 Å². The molecule has 0 aliphatic heterocycles. The summed E-state index contributed by atoms with van der Waals surface area (Å²) in [7, 11) is 3.18. The molecule has 114 valence electrons. The van der Waals surface area contributed by atoms with Crippen LogP contribution in [0.2, 0.25) is 0 Å². The molecule has 2 aromatic rings. The van der Waals surface area contributed by atoms with Gasteiger partial charge in [-0.2, -0.15) is 0 Å². The molecule has 1 N–H and O–H groups in total. The van der Waals surface area contributed by atoms with E-state index in [0.29, 0.717) is 17.3 Å². The third-order valence-electron chi connectivity index (χ3n) is 3.10. The zero-order valence-electron chi connectivity index (χ0n) is 12.8. The number of amides is 1. The van der Waals surface area contributed by atoms with Gasteiger partial charge in [0.25, 0.3) is 0 Å². The van der Waals surface area contributed by atoms with E-state index >= 15 is 0 Å². The molecular formula is C17H18N2O3. The minimum Gasteiger partial charge on any atom is -0.497 e. The van der Waals surface area contributed by atoms with Gasteiger partial charge in [-0.1, -0.05) is 6.07 Å². The van der Waals surface area contributed by atoms with E-state index in [1.54, 1.807) is 38.6 Å². The van der Waals surface area contributed by atoms with Crippen molar-refractivity contribution in [2.75, 3.05) is 19.5 Å². The summed E-state index contributed by atoms with van der Waals surface area (Å²) in [6, 6.07) is 10.8. The first-order chi connectivity index (χ1) is 10.6. The largest absolute Gasteiger partial charge is 0.497 e. The quantitative estimate of drug-likeness (QED) is 0.861. The first kappa shape index (κ1) is 15.6. The summed E-state index contributed by atoms with van der Waals surface area (Å²) in [6.07, 6.45) is 3.14. The van der Waals surface area contributed by atoms with Crippen LogP contribution in [0.1, 0.15) is 12.5 Å². The standard InChI is InChI=1S/C17H18N2O3/c1-12(10-17(20)19-16-6-4-5-9-18-16)14-8-7-13(21-2)11-15(14)22-3/h4-11H,1-3H3,(H,18,19,20)/b12-10+. The van der Waals surface area contributed by atoms with Gasteiger partial charge in [0.1, 0.15) is 17.3 Å². The topological polar surface area (TPSA) is 60.5 Å². The Morgan fingerprint density at radius 2 is 2.00 bits per heavy atom. The summed E-state index contributed by atoms with van der Waals surface area (Å²) in [4.78, 5) is 16.1. The molecule has 1 amide bonds. The fraction of sp³-hybridized carbons (Fsp3) is 0.176. The van der Waals surface area contributed by atoms with Gasteiger partial charge in [0.05, 0.1) is 14.2 Å². The molecule has 1 aromatic heterocycles. The molecule has 0 bridgehead atoms. The number of nitrogens with zero attached hydrogens (tertiary/aromatic N) is 1. The molecule has 0 radical (unpaired) electrons. The third kappa shape index (κ3) is 3.85. The van der Waals surface area contributed by atoms with Crippen molar-refractivity contribution in [1.29, 1.82) is 0 Å². The zero-order valence-corrected chi connectivity index (χ0v) is 12.8. The maximum absolute atomic E-state index is 12.0. The predicted octanol–water partition coefficient (Wildman–Crippen LogP) is 3.14. The first-order valence-corrected chi connectivity index (χ1v) is 6.76. The van der Waals surface area contributed by atoms with Gasteiger partial charge in [-0.05, 0) is 36.8 Å². The molecule has 1 aromatic carbocycles. The number of pyridine rings is 1. The molecule has 0 saturated carbocycles. The second-order valence-electron chi connectivity index (χ2n) is 4.60. The van der Waals surface area contributed by atoms with Crippen LogP contribution in [0.3, 0.4) is 0 Å². The van der Waals surface area contributed by atoms with Gasteiger partial charge in [0, 0.05) is 23.9 Å². The average molecular weight is 298 g/mol. The lowest BCUT2D eigenvalue weighted by Gasteiger charge is -2.11. The van der Waals surface area contributed by atoms with E-state index in [1.807, 2.05) is 25.1 Å². The number of aromatic nitrogens is 1. The van der Waals surface area contributed by atoms with Gasteiger partial charge in [-0.15, -0.1) is 0 Å². The molecule has 0 aliphatic carbocycles. The molecule has 0 fully saturated rings. The molecule has 5 heteroatoms. The summed E-state index contributed by atoms with van der Waals surface area (Å²) in [5.41, 5.74) is 1.62. The molecule has 22 heavy (non-hydrogen) atoms. The van der Waals surface area contributed by atoms with Crippen molar-refractivity contribution in [3.8, 4) is 11.5 Å². The van der Waals surface area contributed by atoms with Crippen molar-refractivity contribution in [2.45, 2.75) is 6.92 Å². The predicted molar refractivity (Wildman–Crippen MR) is 86.1 cm³/mol. The van der Waals surface area contributed by atoms with Crippen molar-refractivity contribution in [3.05, 3.63) is 54.2 Å². The summed E-state index contributed by atoms with van der Waals surface area (Å²) >= 11 is 0. The first-order valence-electron chi connectivity index (χ1n) is 6.76. The van der Waals surface area contributed by atoms with Gasteiger partial charge in [0.15, 0.2) is 0 Å². The van der Waals surface area contributed by atoms with Gasteiger partial charge >= 0.3 is 0 Å². The molecule has 1 heterocycles. The second-order valence-corrected chi connectivity index (χ2v) is 4.60. The van der Waals surface area contributed by atoms with Gasteiger partial charge in [-0.3, -0.25) is 4.79 Å². The Kier molecular flexibility index (Phi) is 5.14. The SMILES string of the molecule is COc1ccc(/C(C)=C/C(=O)Nc2ccccn2)c(OC)c1. The van der Waals surface area contributed by atoms with Gasteiger partial charge < -0.3 is 14.8 Å². The molecule has 0 saturated heterocycles. The third-order valence-corrected chi connectivity index (χ3v) is 3.10. The lowest BCUT2D eigenvalue weighted by molar-refractivity contribution is -0.111. The molecule has 0 spiro atoms. The summed E-state index contributed by atoms with van der Waals surface area (Å²) in [6.45, 7) is 1.85. The Morgan fingerprint density at radius 3 is 2.64 bits per heavy atom. The van der Waals surface area contributed by atoms with Crippen molar-refractivity contribution in [2.24, 2.45) is 0 Å². The van der Waals surface area contributed by atoms with E-state index in [-0.39, 0.29) is 5.91 Å². The fourth-order valence-electron chi connectivity index (χ4n) is 2.00. The van der Waals surface area contributed by atoms with E-state index in [1.165, 1.54) is 6.08 Å². The molecule has 2 rings (SSSR count). The Balaban J connectivity index is 2.19. The Labute approximate surface area is 129 Å². The smallest absolute Gasteiger partial charge is 0.249 e. The Hall–Kier alpha value is -2.82. The van der Waals surface area contributed by atoms with E-state index in [9.17, 15) is 4.79 Å². The van der Waals surface area contributed by atoms with E-state index in [0.717, 1.165) is 11.1 Å². The number of anilines is 1. The van der Waals surface area contributed by atoms with Crippen LogP contribution >= 0.6 is 0 Å². The number of benzene rings is 1. The molecular weight excluding hydrogens is 280 g/mol. The highest BCUT2D eigenvalue weighted by Gasteiger charge is 2.08. The number of nitrogens with one attached hydrogen (secondary N) is 1. The van der Waals surface area contributed by atoms with Crippen LogP contribution in [-0.4, -0.2) is 25.1 Å². The Morgan fingerprint density at radius 1 is 1.18 bits per heavy atom. The molecule has 0 atom stereocenters. The Bertz CT molecular complexity index is 682. The van der Waals surface area contributed by atoms with Crippen LogP contribution in [0.5, 0.6) is 11.5 Å². The van der Waals surface area contributed by atoms with E-state index in [4.69, 9.17) is 9.47 Å². The fourth-order valence-corrected chi connectivity index (χ4v) is 2.00. The monoisotopic (exact) mass is 298 g/mol. The number of carbonyl (C=O) groups excluding carboxylic acids is 1. The van der Waals surface area contributed by atoms with Crippen LogP contribution < -0.4 is 14.8 Å². The van der Waals surface area contributed by atoms with Crippen LogP contribution in [0.15, 0.2) is 48.7 Å². The lowest BCUT2D eigenvalue weighted by Crippen LogP contribution is -2.09. The number of methoxy groups -OCH3 is 2. The lowest BCUT2D eigenvalue weighted by atomic mass is 10.1. The van der Waals surface area contributed by atoms with Crippen LogP contribution in [0.4, 0.5) is 5.82 Å².